The predicted octanol–water partition coefficient (Wildman–Crippen LogP) is 0.605. The van der Waals surface area contributed by atoms with Crippen molar-refractivity contribution in [1.29, 1.82) is 0 Å². The molecule has 1 atom stereocenters. The van der Waals surface area contributed by atoms with Gasteiger partial charge in [-0.05, 0) is 26.7 Å². The van der Waals surface area contributed by atoms with Crippen LogP contribution >= 0.6 is 0 Å². The van der Waals surface area contributed by atoms with Crippen LogP contribution in [0.5, 0.6) is 0 Å². The van der Waals surface area contributed by atoms with Gasteiger partial charge in [-0.15, -0.1) is 0 Å². The van der Waals surface area contributed by atoms with Crippen molar-refractivity contribution in [2.75, 3.05) is 6.54 Å². The summed E-state index contributed by atoms with van der Waals surface area (Å²) in [5, 5.41) is 4.94. The summed E-state index contributed by atoms with van der Waals surface area (Å²) in [4.78, 5) is 34.3. The van der Waals surface area contributed by atoms with E-state index in [0.29, 0.717) is 0 Å². The molecule has 0 bridgehead atoms. The number of hydrogen-bond donors (Lipinski definition) is 2. The molecular formula is C13H24N2O4. The zero-order valence-electron chi connectivity index (χ0n) is 12.5. The van der Waals surface area contributed by atoms with Crippen LogP contribution in [0.1, 0.15) is 41.5 Å². The molecule has 0 heterocycles. The van der Waals surface area contributed by atoms with Gasteiger partial charge in [-0.2, -0.15) is 0 Å². The molecule has 0 aliphatic rings. The minimum Gasteiger partial charge on any atom is -0.458 e. The molecule has 0 aromatic heterocycles. The molecule has 2 amide bonds. The Labute approximate surface area is 114 Å². The molecule has 0 spiro atoms. The summed E-state index contributed by atoms with van der Waals surface area (Å²) in [7, 11) is 0. The van der Waals surface area contributed by atoms with Crippen molar-refractivity contribution in [3.63, 3.8) is 0 Å². The van der Waals surface area contributed by atoms with E-state index in [2.05, 4.69) is 10.6 Å². The van der Waals surface area contributed by atoms with Gasteiger partial charge >= 0.3 is 5.97 Å². The van der Waals surface area contributed by atoms with Crippen molar-refractivity contribution in [2.45, 2.75) is 53.2 Å². The van der Waals surface area contributed by atoms with Crippen molar-refractivity contribution in [3.8, 4) is 0 Å². The van der Waals surface area contributed by atoms with Crippen LogP contribution in [0.2, 0.25) is 0 Å². The zero-order chi connectivity index (χ0) is 15.2. The van der Waals surface area contributed by atoms with Crippen molar-refractivity contribution in [3.05, 3.63) is 0 Å². The Bertz CT molecular complexity index is 345. The number of hydrogen-bond acceptors (Lipinski definition) is 4. The molecule has 0 radical (unpaired) electrons. The van der Waals surface area contributed by atoms with Gasteiger partial charge in [-0.3, -0.25) is 9.59 Å². The maximum atomic E-state index is 11.9. The van der Waals surface area contributed by atoms with Gasteiger partial charge in [0.15, 0.2) is 0 Å². The Morgan fingerprint density at radius 1 is 1.16 bits per heavy atom. The Hall–Kier alpha value is -1.59. The fourth-order valence-corrected chi connectivity index (χ4v) is 1.29. The van der Waals surface area contributed by atoms with E-state index in [0.717, 1.165) is 0 Å². The SMILES string of the molecule is CC(=O)NCC(=O)N[C@H](C(=O)OC(C)(C)C)C(C)C. The molecule has 6 nitrogen and oxygen atoms in total. The highest BCUT2D eigenvalue weighted by atomic mass is 16.6. The van der Waals surface area contributed by atoms with E-state index in [1.54, 1.807) is 20.8 Å². The first-order chi connectivity index (χ1) is 8.53. The molecule has 19 heavy (non-hydrogen) atoms. The second-order valence-corrected chi connectivity index (χ2v) is 5.73. The number of amides is 2. The maximum absolute atomic E-state index is 11.9. The topological polar surface area (TPSA) is 84.5 Å². The van der Waals surface area contributed by atoms with Gasteiger partial charge in [0.2, 0.25) is 11.8 Å². The molecule has 0 saturated heterocycles. The van der Waals surface area contributed by atoms with E-state index in [-0.39, 0.29) is 18.4 Å². The monoisotopic (exact) mass is 272 g/mol. The minimum atomic E-state index is -0.722. The van der Waals surface area contributed by atoms with Crippen LogP contribution in [0, 0.1) is 5.92 Å². The normalized spacial score (nSPS) is 12.8. The molecular weight excluding hydrogens is 248 g/mol. The number of esters is 1. The van der Waals surface area contributed by atoms with Gasteiger partial charge in [0, 0.05) is 6.92 Å². The van der Waals surface area contributed by atoms with Crippen LogP contribution in [0.25, 0.3) is 0 Å². The maximum Gasteiger partial charge on any atom is 0.329 e. The van der Waals surface area contributed by atoms with Crippen LogP contribution in [-0.2, 0) is 19.1 Å². The largest absolute Gasteiger partial charge is 0.458 e. The summed E-state index contributed by atoms with van der Waals surface area (Å²) in [6.45, 7) is 10.1. The lowest BCUT2D eigenvalue weighted by atomic mass is 10.0. The Morgan fingerprint density at radius 3 is 2.05 bits per heavy atom. The first kappa shape index (κ1) is 17.4. The average molecular weight is 272 g/mol. The van der Waals surface area contributed by atoms with E-state index in [1.165, 1.54) is 6.92 Å². The van der Waals surface area contributed by atoms with E-state index >= 15 is 0 Å². The fourth-order valence-electron chi connectivity index (χ4n) is 1.29. The predicted molar refractivity (Wildman–Crippen MR) is 71.3 cm³/mol. The molecule has 0 fully saturated rings. The Kier molecular flexibility index (Phi) is 6.52. The third kappa shape index (κ3) is 8.18. The summed E-state index contributed by atoms with van der Waals surface area (Å²) in [5.74, 6) is -1.29. The molecule has 0 unspecified atom stereocenters. The average Bonchev–Trinajstić information content (AvgIpc) is 2.19. The molecule has 6 heteroatoms. The fraction of sp³-hybridized carbons (Fsp3) is 0.769. The second-order valence-electron chi connectivity index (χ2n) is 5.73. The molecule has 0 saturated carbocycles. The molecule has 0 rings (SSSR count). The lowest BCUT2D eigenvalue weighted by Gasteiger charge is -2.26. The number of carbonyl (C=O) groups excluding carboxylic acids is 3. The van der Waals surface area contributed by atoms with Crippen molar-refractivity contribution < 1.29 is 19.1 Å². The summed E-state index contributed by atoms with van der Waals surface area (Å²) in [6.07, 6.45) is 0. The second kappa shape index (κ2) is 7.11. The highest BCUT2D eigenvalue weighted by molar-refractivity contribution is 5.88. The Morgan fingerprint density at radius 2 is 1.68 bits per heavy atom. The molecule has 2 N–H and O–H groups in total. The summed E-state index contributed by atoms with van der Waals surface area (Å²) in [6, 6.07) is -0.722. The lowest BCUT2D eigenvalue weighted by molar-refractivity contribution is -0.159. The molecule has 0 aliphatic heterocycles. The first-order valence-corrected chi connectivity index (χ1v) is 6.29. The van der Waals surface area contributed by atoms with Gasteiger partial charge in [-0.1, -0.05) is 13.8 Å². The summed E-state index contributed by atoms with van der Waals surface area (Å²) in [5.41, 5.74) is -0.605. The number of carbonyl (C=O) groups is 3. The van der Waals surface area contributed by atoms with E-state index in [1.807, 2.05) is 13.8 Å². The third-order valence-corrected chi connectivity index (χ3v) is 2.14. The van der Waals surface area contributed by atoms with Gasteiger partial charge in [0.05, 0.1) is 6.54 Å². The molecule has 0 aromatic rings. The van der Waals surface area contributed by atoms with Crippen molar-refractivity contribution in [1.82, 2.24) is 10.6 Å². The van der Waals surface area contributed by atoms with E-state index in [4.69, 9.17) is 4.74 Å². The quantitative estimate of drug-likeness (QED) is 0.718. The van der Waals surface area contributed by atoms with Gasteiger partial charge < -0.3 is 15.4 Å². The van der Waals surface area contributed by atoms with E-state index in [9.17, 15) is 14.4 Å². The Balaban J connectivity index is 4.53. The number of ether oxygens (including phenoxy) is 1. The van der Waals surface area contributed by atoms with Crippen LogP contribution < -0.4 is 10.6 Å². The van der Waals surface area contributed by atoms with Crippen molar-refractivity contribution >= 4 is 17.8 Å². The van der Waals surface area contributed by atoms with Crippen LogP contribution in [0.15, 0.2) is 0 Å². The molecule has 0 aliphatic carbocycles. The molecule has 0 aromatic carbocycles. The lowest BCUT2D eigenvalue weighted by Crippen LogP contribution is -2.49. The van der Waals surface area contributed by atoms with Crippen LogP contribution in [0.4, 0.5) is 0 Å². The highest BCUT2D eigenvalue weighted by Gasteiger charge is 2.28. The van der Waals surface area contributed by atoms with Crippen LogP contribution in [-0.4, -0.2) is 36.0 Å². The summed E-state index contributed by atoms with van der Waals surface area (Å²) >= 11 is 0. The van der Waals surface area contributed by atoms with Crippen LogP contribution in [0.3, 0.4) is 0 Å². The highest BCUT2D eigenvalue weighted by Crippen LogP contribution is 2.12. The van der Waals surface area contributed by atoms with Gasteiger partial charge in [0.1, 0.15) is 11.6 Å². The first-order valence-electron chi connectivity index (χ1n) is 6.29. The van der Waals surface area contributed by atoms with Gasteiger partial charge in [0.25, 0.3) is 0 Å². The standard InChI is InChI=1S/C13H24N2O4/c1-8(2)11(12(18)19-13(4,5)6)15-10(17)7-14-9(3)16/h8,11H,7H2,1-6H3,(H,14,16)(H,15,17)/t11-/m0/s1. The van der Waals surface area contributed by atoms with Gasteiger partial charge in [-0.25, -0.2) is 4.79 Å². The molecule has 110 valence electrons. The zero-order valence-corrected chi connectivity index (χ0v) is 12.5. The third-order valence-electron chi connectivity index (χ3n) is 2.14. The minimum absolute atomic E-state index is 0.101. The van der Waals surface area contributed by atoms with E-state index < -0.39 is 23.5 Å². The number of rotatable bonds is 5. The smallest absolute Gasteiger partial charge is 0.329 e. The number of nitrogens with one attached hydrogen (secondary N) is 2. The summed E-state index contributed by atoms with van der Waals surface area (Å²) < 4.78 is 5.25. The van der Waals surface area contributed by atoms with Crippen molar-refractivity contribution in [2.24, 2.45) is 5.92 Å².